The average molecular weight is 604 g/mol. The molecule has 2 fully saturated rings. The number of carbonyl (C=O) groups is 4. The second-order valence-electron chi connectivity index (χ2n) is 11.0. The molecule has 2 heterocycles. The predicted molar refractivity (Wildman–Crippen MR) is 148 cm³/mol. The van der Waals surface area contributed by atoms with Gasteiger partial charge in [0.2, 0.25) is 5.91 Å². The summed E-state index contributed by atoms with van der Waals surface area (Å²) in [4.78, 5) is 50.9. The molecule has 1 spiro atoms. The molecule has 2 aromatic carbocycles. The highest BCUT2D eigenvalue weighted by atomic mass is 19.4. The van der Waals surface area contributed by atoms with Gasteiger partial charge in [0.15, 0.2) is 5.96 Å². The molecule has 11 nitrogen and oxygen atoms in total. The molecule has 0 radical (unpaired) electrons. The summed E-state index contributed by atoms with van der Waals surface area (Å²) in [6, 6.07) is 13.0. The lowest BCUT2D eigenvalue weighted by molar-refractivity contribution is -0.192. The molecule has 230 valence electrons. The third-order valence-corrected chi connectivity index (χ3v) is 8.33. The number of alkyl halides is 3. The molecular weight excluding hydrogens is 571 g/mol. The molecule has 0 unspecified atom stereocenters. The molecule has 0 aromatic heterocycles. The molecule has 0 bridgehead atoms. The molecule has 1 saturated carbocycles. The minimum absolute atomic E-state index is 0.0190. The highest BCUT2D eigenvalue weighted by Crippen LogP contribution is 2.53. The number of carboxylic acid groups (broad SMARTS) is 2. The highest BCUT2D eigenvalue weighted by molar-refractivity contribution is 5.99. The molecule has 2 aromatic rings. The Morgan fingerprint density at radius 2 is 1.53 bits per heavy atom. The third kappa shape index (κ3) is 7.07. The van der Waals surface area contributed by atoms with Crippen LogP contribution in [-0.2, 0) is 20.8 Å². The molecule has 2 amide bonds. The Kier molecular flexibility index (Phi) is 8.97. The smallest absolute Gasteiger partial charge is 0.478 e. The van der Waals surface area contributed by atoms with Crippen LogP contribution in [0.1, 0.15) is 53.2 Å². The number of likely N-dealkylation sites (tertiary alicyclic amines) is 1. The van der Waals surface area contributed by atoms with Crippen molar-refractivity contribution in [2.45, 2.75) is 44.3 Å². The number of rotatable bonds is 4. The van der Waals surface area contributed by atoms with Gasteiger partial charge in [-0.3, -0.25) is 15.0 Å². The molecular formula is C29H32F3N5O6. The lowest BCUT2D eigenvalue weighted by Crippen LogP contribution is -2.55. The van der Waals surface area contributed by atoms with Gasteiger partial charge in [-0.05, 0) is 72.9 Å². The fraction of sp³-hybridized carbons (Fsp3) is 0.414. The van der Waals surface area contributed by atoms with Gasteiger partial charge in [0.05, 0.1) is 5.56 Å². The first kappa shape index (κ1) is 31.3. The van der Waals surface area contributed by atoms with E-state index in [1.54, 1.807) is 17.0 Å². The van der Waals surface area contributed by atoms with Crippen molar-refractivity contribution in [1.29, 1.82) is 5.41 Å². The first-order valence-corrected chi connectivity index (χ1v) is 13.6. The van der Waals surface area contributed by atoms with E-state index in [-0.39, 0.29) is 34.7 Å². The number of fused-ring (bicyclic) bond motifs is 1. The van der Waals surface area contributed by atoms with Crippen molar-refractivity contribution in [3.05, 3.63) is 65.2 Å². The van der Waals surface area contributed by atoms with Gasteiger partial charge in [-0.1, -0.05) is 24.3 Å². The third-order valence-electron chi connectivity index (χ3n) is 8.33. The second kappa shape index (κ2) is 12.3. The van der Waals surface area contributed by atoms with Gasteiger partial charge >= 0.3 is 18.1 Å². The lowest BCUT2D eigenvalue weighted by atomic mass is 9.57. The highest BCUT2D eigenvalue weighted by Gasteiger charge is 2.51. The van der Waals surface area contributed by atoms with Crippen LogP contribution >= 0.6 is 0 Å². The molecule has 5 rings (SSSR count). The van der Waals surface area contributed by atoms with Crippen molar-refractivity contribution >= 4 is 35.4 Å². The number of amides is 2. The molecule has 1 saturated heterocycles. The van der Waals surface area contributed by atoms with E-state index in [9.17, 15) is 27.6 Å². The van der Waals surface area contributed by atoms with Crippen LogP contribution in [0.15, 0.2) is 48.5 Å². The summed E-state index contributed by atoms with van der Waals surface area (Å²) in [5.74, 6) is -4.07. The zero-order chi connectivity index (χ0) is 31.5. The van der Waals surface area contributed by atoms with Gasteiger partial charge in [0.25, 0.3) is 5.91 Å². The fourth-order valence-electron chi connectivity index (χ4n) is 6.02. The minimum Gasteiger partial charge on any atom is -0.478 e. The van der Waals surface area contributed by atoms with Crippen LogP contribution in [0, 0.1) is 16.7 Å². The van der Waals surface area contributed by atoms with Crippen LogP contribution < -0.4 is 11.1 Å². The van der Waals surface area contributed by atoms with Crippen molar-refractivity contribution in [2.75, 3.05) is 25.0 Å². The summed E-state index contributed by atoms with van der Waals surface area (Å²) in [5.41, 5.74) is 8.28. The number of nitrogens with zero attached hydrogens (tertiary/aromatic N) is 2. The molecule has 1 atom stereocenters. The number of aliphatic carboxylic acids is 1. The Morgan fingerprint density at radius 1 is 0.953 bits per heavy atom. The summed E-state index contributed by atoms with van der Waals surface area (Å²) in [6.45, 7) is 1.98. The Morgan fingerprint density at radius 3 is 2.07 bits per heavy atom. The van der Waals surface area contributed by atoms with Crippen LogP contribution in [0.25, 0.3) is 0 Å². The van der Waals surface area contributed by atoms with Crippen molar-refractivity contribution in [1.82, 2.24) is 9.80 Å². The van der Waals surface area contributed by atoms with Gasteiger partial charge in [-0.25, -0.2) is 9.59 Å². The van der Waals surface area contributed by atoms with Gasteiger partial charge in [0.1, 0.15) is 6.04 Å². The summed E-state index contributed by atoms with van der Waals surface area (Å²) in [5, 5.41) is 26.8. The Labute approximate surface area is 245 Å². The average Bonchev–Trinajstić information content (AvgIpc) is 2.95. The summed E-state index contributed by atoms with van der Waals surface area (Å²) in [7, 11) is 0. The maximum atomic E-state index is 13.7. The van der Waals surface area contributed by atoms with Gasteiger partial charge in [-0.15, -0.1) is 0 Å². The number of carbonyl (C=O) groups excluding carboxylic acids is 2. The number of aromatic carboxylic acids is 1. The van der Waals surface area contributed by atoms with E-state index in [4.69, 9.17) is 26.2 Å². The van der Waals surface area contributed by atoms with Gasteiger partial charge < -0.3 is 31.1 Å². The van der Waals surface area contributed by atoms with Crippen molar-refractivity contribution in [3.8, 4) is 0 Å². The number of guanidine groups is 1. The lowest BCUT2D eigenvalue weighted by Gasteiger charge is -2.53. The quantitative estimate of drug-likeness (QED) is 0.261. The number of carboxylic acids is 2. The molecule has 43 heavy (non-hydrogen) atoms. The van der Waals surface area contributed by atoms with E-state index in [0.717, 1.165) is 49.9 Å². The van der Waals surface area contributed by atoms with E-state index < -0.39 is 24.2 Å². The normalized spacial score (nSPS) is 19.3. The molecule has 2 aliphatic heterocycles. The van der Waals surface area contributed by atoms with Crippen molar-refractivity contribution in [2.24, 2.45) is 17.1 Å². The second-order valence-corrected chi connectivity index (χ2v) is 11.0. The van der Waals surface area contributed by atoms with Gasteiger partial charge in [0, 0.05) is 31.2 Å². The number of halogens is 3. The number of anilines is 1. The van der Waals surface area contributed by atoms with Crippen LogP contribution in [0.5, 0.6) is 0 Å². The Bertz CT molecular complexity index is 1400. The largest absolute Gasteiger partial charge is 0.490 e. The van der Waals surface area contributed by atoms with E-state index in [1.807, 2.05) is 29.2 Å². The van der Waals surface area contributed by atoms with E-state index in [1.165, 1.54) is 12.1 Å². The predicted octanol–water partition coefficient (Wildman–Crippen LogP) is 3.47. The first-order chi connectivity index (χ1) is 20.2. The van der Waals surface area contributed by atoms with Crippen molar-refractivity contribution in [3.63, 3.8) is 0 Å². The monoisotopic (exact) mass is 603 g/mol. The topological polar surface area (TPSA) is 177 Å². The molecule has 3 aliphatic rings. The molecule has 6 N–H and O–H groups in total. The number of benzene rings is 2. The van der Waals surface area contributed by atoms with Gasteiger partial charge in [-0.2, -0.15) is 13.2 Å². The minimum atomic E-state index is -5.08. The summed E-state index contributed by atoms with van der Waals surface area (Å²) >= 11 is 0. The zero-order valence-electron chi connectivity index (χ0n) is 23.1. The van der Waals surface area contributed by atoms with Crippen LogP contribution in [0.2, 0.25) is 0 Å². The van der Waals surface area contributed by atoms with Crippen LogP contribution in [0.3, 0.4) is 0 Å². The van der Waals surface area contributed by atoms with E-state index in [0.29, 0.717) is 18.7 Å². The molecule has 14 heteroatoms. The van der Waals surface area contributed by atoms with E-state index in [2.05, 4.69) is 5.32 Å². The SMILES string of the molecule is N=C(N)N1CCC2(CC1)CC(C(=O)N1CCc3ccccc3[C@@H]1C(=O)Nc1ccc(C(=O)O)cc1)C2.O=C(O)C(F)(F)F. The maximum Gasteiger partial charge on any atom is 0.490 e. The fourth-order valence-corrected chi connectivity index (χ4v) is 6.02. The van der Waals surface area contributed by atoms with Crippen LogP contribution in [-0.4, -0.2) is 75.5 Å². The number of piperidine rings is 1. The standard InChI is InChI=1S/C27H31N5O4.C2HF3O2/c28-26(29)31-13-10-27(11-14-31)15-19(16-27)24(34)32-12-9-17-3-1-2-4-21(17)22(32)23(33)30-20-7-5-18(6-8-20)25(35)36;3-2(4,5)1(6)7/h1-8,19,22H,9-16H2,(H3,28,29)(H,30,33)(H,35,36);(H,6,7)/t22-;/m1./s1. The summed E-state index contributed by atoms with van der Waals surface area (Å²) < 4.78 is 31.7. The number of nitrogens with one attached hydrogen (secondary N) is 2. The first-order valence-electron chi connectivity index (χ1n) is 13.6. The molecule has 1 aliphatic carbocycles. The zero-order valence-corrected chi connectivity index (χ0v) is 23.1. The number of hydrogen-bond acceptors (Lipinski definition) is 5. The van der Waals surface area contributed by atoms with Crippen molar-refractivity contribution < 1.29 is 42.6 Å². The maximum absolute atomic E-state index is 13.7. The number of hydrogen-bond donors (Lipinski definition) is 5. The van der Waals surface area contributed by atoms with Crippen LogP contribution in [0.4, 0.5) is 18.9 Å². The number of nitrogens with two attached hydrogens (primary N) is 1. The Balaban J connectivity index is 0.000000541. The summed E-state index contributed by atoms with van der Waals surface area (Å²) in [6.07, 6.45) is -0.920. The van der Waals surface area contributed by atoms with E-state index >= 15 is 0 Å². The Hall–Kier alpha value is -4.62.